The van der Waals surface area contributed by atoms with Gasteiger partial charge in [-0.15, -0.1) is 0 Å². The summed E-state index contributed by atoms with van der Waals surface area (Å²) in [6.07, 6.45) is 3.74. The highest BCUT2D eigenvalue weighted by Gasteiger charge is 2.15. The maximum absolute atomic E-state index is 12.6. The molecular weight excluding hydrogens is 412 g/mol. The maximum Gasteiger partial charge on any atom is 0.255 e. The average molecular weight is 429 g/mol. The number of nitriles is 1. The van der Waals surface area contributed by atoms with Crippen LogP contribution in [0.25, 0.3) is 5.69 Å². The van der Waals surface area contributed by atoms with E-state index < -0.39 is 10.0 Å². The van der Waals surface area contributed by atoms with Gasteiger partial charge in [-0.05, 0) is 54.6 Å². The van der Waals surface area contributed by atoms with Gasteiger partial charge < -0.3 is 9.88 Å². The summed E-state index contributed by atoms with van der Waals surface area (Å²) >= 11 is 6.09. The average Bonchev–Trinajstić information content (AvgIpc) is 3.24. The first-order valence-electron chi connectivity index (χ1n) is 8.61. The van der Waals surface area contributed by atoms with Crippen molar-refractivity contribution >= 4 is 33.2 Å². The van der Waals surface area contributed by atoms with Crippen molar-refractivity contribution in [3.05, 3.63) is 77.6 Å². The molecule has 29 heavy (non-hydrogen) atoms. The third-order valence-electron chi connectivity index (χ3n) is 4.05. The molecule has 0 radical (unpaired) electrons. The number of rotatable bonds is 7. The van der Waals surface area contributed by atoms with Gasteiger partial charge in [0.2, 0.25) is 10.0 Å². The molecular formula is C20H17ClN4O3S. The summed E-state index contributed by atoms with van der Waals surface area (Å²) in [5.74, 6) is -0.387. The summed E-state index contributed by atoms with van der Waals surface area (Å²) in [5, 5.41) is 11.9. The minimum Gasteiger partial charge on any atom is -0.322 e. The molecule has 0 fully saturated rings. The van der Waals surface area contributed by atoms with E-state index in [4.69, 9.17) is 16.9 Å². The van der Waals surface area contributed by atoms with E-state index in [1.165, 1.54) is 24.3 Å². The van der Waals surface area contributed by atoms with Gasteiger partial charge in [-0.25, -0.2) is 13.1 Å². The number of nitrogens with one attached hydrogen (secondary N) is 2. The number of aromatic nitrogens is 1. The number of benzene rings is 2. The van der Waals surface area contributed by atoms with Gasteiger partial charge in [0.1, 0.15) is 0 Å². The molecule has 2 aromatic carbocycles. The second-order valence-corrected chi connectivity index (χ2v) is 8.24. The number of anilines is 1. The first-order valence-corrected chi connectivity index (χ1v) is 10.5. The minimum absolute atomic E-state index is 0.0199. The highest BCUT2D eigenvalue weighted by atomic mass is 35.5. The molecule has 1 amide bonds. The molecule has 2 N–H and O–H groups in total. The van der Waals surface area contributed by atoms with Crippen molar-refractivity contribution < 1.29 is 13.2 Å². The lowest BCUT2D eigenvalue weighted by molar-refractivity contribution is 0.102. The molecule has 0 saturated heterocycles. The maximum atomic E-state index is 12.6. The molecule has 1 aromatic heterocycles. The zero-order valence-corrected chi connectivity index (χ0v) is 16.7. The van der Waals surface area contributed by atoms with Crippen molar-refractivity contribution in [2.45, 2.75) is 11.3 Å². The topological polar surface area (TPSA) is 104 Å². The van der Waals surface area contributed by atoms with E-state index in [1.54, 1.807) is 18.2 Å². The van der Waals surface area contributed by atoms with E-state index in [0.29, 0.717) is 22.0 Å². The molecule has 0 aliphatic heterocycles. The lowest BCUT2D eigenvalue weighted by atomic mass is 10.2. The molecule has 3 aromatic rings. The van der Waals surface area contributed by atoms with Crippen molar-refractivity contribution in [3.63, 3.8) is 0 Å². The van der Waals surface area contributed by atoms with Gasteiger partial charge in [-0.3, -0.25) is 4.79 Å². The van der Waals surface area contributed by atoms with E-state index in [2.05, 4.69) is 10.0 Å². The summed E-state index contributed by atoms with van der Waals surface area (Å²) in [6.45, 7) is 0.0276. The highest BCUT2D eigenvalue weighted by molar-refractivity contribution is 7.89. The Hall–Kier alpha value is -3.12. The van der Waals surface area contributed by atoms with E-state index in [1.807, 2.05) is 35.2 Å². The molecule has 1 heterocycles. The van der Waals surface area contributed by atoms with Crippen LogP contribution in [0.15, 0.2) is 71.9 Å². The van der Waals surface area contributed by atoms with E-state index in [9.17, 15) is 13.2 Å². The number of carbonyl (C=O) groups is 1. The molecule has 0 unspecified atom stereocenters. The summed E-state index contributed by atoms with van der Waals surface area (Å²) < 4.78 is 28.5. The van der Waals surface area contributed by atoms with Crippen molar-refractivity contribution in [2.24, 2.45) is 0 Å². The summed E-state index contributed by atoms with van der Waals surface area (Å²) in [5.41, 5.74) is 1.57. The normalized spacial score (nSPS) is 11.0. The second-order valence-electron chi connectivity index (χ2n) is 6.04. The van der Waals surface area contributed by atoms with Crippen molar-refractivity contribution in [1.82, 2.24) is 9.29 Å². The molecule has 0 bridgehead atoms. The Labute approximate surface area is 173 Å². The molecule has 0 aliphatic carbocycles. The number of carbonyl (C=O) groups excluding carboxylic acids is 1. The molecule has 7 nitrogen and oxygen atoms in total. The monoisotopic (exact) mass is 428 g/mol. The summed E-state index contributed by atoms with van der Waals surface area (Å²) in [7, 11) is -3.73. The standard InChI is InChI=1S/C20H17ClN4O3S/c21-16-6-9-18(19(14-16)25-12-1-2-13-25)24-20(26)15-4-7-17(8-5-15)29(27,28)23-11-3-10-22/h1-2,4-9,12-14,23H,3,11H2,(H,24,26). The van der Waals surface area contributed by atoms with Gasteiger partial charge in [0.05, 0.1) is 22.3 Å². The number of amides is 1. The smallest absolute Gasteiger partial charge is 0.255 e. The Morgan fingerprint density at radius 3 is 2.45 bits per heavy atom. The quantitative estimate of drug-likeness (QED) is 0.561. The van der Waals surface area contributed by atoms with E-state index in [0.717, 1.165) is 0 Å². The predicted octanol–water partition coefficient (Wildman–Crippen LogP) is 3.57. The van der Waals surface area contributed by atoms with Gasteiger partial charge in [0.15, 0.2) is 0 Å². The van der Waals surface area contributed by atoms with Gasteiger partial charge in [0.25, 0.3) is 5.91 Å². The summed E-state index contributed by atoms with van der Waals surface area (Å²) in [4.78, 5) is 12.7. The fourth-order valence-corrected chi connectivity index (χ4v) is 3.82. The first kappa shape index (κ1) is 20.6. The number of hydrogen-bond acceptors (Lipinski definition) is 4. The minimum atomic E-state index is -3.73. The van der Waals surface area contributed by atoms with Crippen LogP contribution in [0.3, 0.4) is 0 Å². The Balaban J connectivity index is 1.78. The Kier molecular flexibility index (Phi) is 6.34. The van der Waals surface area contributed by atoms with Crippen LogP contribution < -0.4 is 10.0 Å². The van der Waals surface area contributed by atoms with E-state index in [-0.39, 0.29) is 23.8 Å². The lowest BCUT2D eigenvalue weighted by Crippen LogP contribution is -2.24. The molecule has 0 aliphatic rings. The molecule has 0 atom stereocenters. The number of nitrogens with zero attached hydrogens (tertiary/aromatic N) is 2. The van der Waals surface area contributed by atoms with Crippen LogP contribution in [0.5, 0.6) is 0 Å². The SMILES string of the molecule is N#CCCNS(=O)(=O)c1ccc(C(=O)Nc2ccc(Cl)cc2-n2cccc2)cc1. The van der Waals surface area contributed by atoms with Crippen LogP contribution in [0.4, 0.5) is 5.69 Å². The first-order chi connectivity index (χ1) is 13.9. The predicted molar refractivity (Wildman–Crippen MR) is 111 cm³/mol. The largest absolute Gasteiger partial charge is 0.322 e. The lowest BCUT2D eigenvalue weighted by Gasteiger charge is -2.13. The van der Waals surface area contributed by atoms with Gasteiger partial charge in [-0.2, -0.15) is 5.26 Å². The number of hydrogen-bond donors (Lipinski definition) is 2. The van der Waals surface area contributed by atoms with Crippen LogP contribution in [-0.2, 0) is 10.0 Å². The van der Waals surface area contributed by atoms with Crippen molar-refractivity contribution in [1.29, 1.82) is 5.26 Å². The van der Waals surface area contributed by atoms with Crippen LogP contribution in [0.2, 0.25) is 5.02 Å². The Morgan fingerprint density at radius 2 is 1.79 bits per heavy atom. The van der Waals surface area contributed by atoms with Crippen LogP contribution in [0, 0.1) is 11.3 Å². The molecule has 9 heteroatoms. The van der Waals surface area contributed by atoms with Crippen LogP contribution in [0.1, 0.15) is 16.8 Å². The Bertz CT molecular complexity index is 1150. The fraction of sp³-hybridized carbons (Fsp3) is 0.100. The molecule has 0 saturated carbocycles. The zero-order chi connectivity index (χ0) is 20.9. The Morgan fingerprint density at radius 1 is 1.10 bits per heavy atom. The molecule has 148 valence electrons. The third kappa shape index (κ3) is 5.03. The third-order valence-corrected chi connectivity index (χ3v) is 5.76. The van der Waals surface area contributed by atoms with Gasteiger partial charge in [-0.1, -0.05) is 11.6 Å². The van der Waals surface area contributed by atoms with Crippen LogP contribution >= 0.6 is 11.6 Å². The van der Waals surface area contributed by atoms with Crippen molar-refractivity contribution in [2.75, 3.05) is 11.9 Å². The molecule has 0 spiro atoms. The second kappa shape index (κ2) is 8.92. The number of sulfonamides is 1. The number of halogens is 1. The van der Waals surface area contributed by atoms with Crippen LogP contribution in [-0.4, -0.2) is 25.4 Å². The van der Waals surface area contributed by atoms with E-state index >= 15 is 0 Å². The van der Waals surface area contributed by atoms with Gasteiger partial charge >= 0.3 is 0 Å². The van der Waals surface area contributed by atoms with Crippen molar-refractivity contribution in [3.8, 4) is 11.8 Å². The fourth-order valence-electron chi connectivity index (χ4n) is 2.62. The molecule has 3 rings (SSSR count). The van der Waals surface area contributed by atoms with Gasteiger partial charge in [0, 0.05) is 35.9 Å². The zero-order valence-electron chi connectivity index (χ0n) is 15.2. The highest BCUT2D eigenvalue weighted by Crippen LogP contribution is 2.25. The summed E-state index contributed by atoms with van der Waals surface area (Å²) in [6, 6.07) is 16.2.